The van der Waals surface area contributed by atoms with Crippen molar-refractivity contribution in [3.63, 3.8) is 0 Å². The summed E-state index contributed by atoms with van der Waals surface area (Å²) < 4.78 is 0.773. The first-order valence-corrected chi connectivity index (χ1v) is 11.0. The van der Waals surface area contributed by atoms with Gasteiger partial charge in [-0.2, -0.15) is 0 Å². The Labute approximate surface area is 178 Å². The lowest BCUT2D eigenvalue weighted by atomic mass is 10.0. The molecule has 1 N–H and O–H groups in total. The minimum Gasteiger partial charge on any atom is -0.330 e. The first kappa shape index (κ1) is 19.4. The fourth-order valence-electron chi connectivity index (χ4n) is 2.85. The van der Waals surface area contributed by atoms with Crippen LogP contribution in [0.25, 0.3) is 11.1 Å². The van der Waals surface area contributed by atoms with E-state index < -0.39 is 0 Å². The van der Waals surface area contributed by atoms with Crippen LogP contribution in [0.2, 0.25) is 0 Å². The molecule has 0 radical (unpaired) electrons. The van der Waals surface area contributed by atoms with E-state index in [1.807, 2.05) is 67.6 Å². The van der Waals surface area contributed by atoms with Crippen LogP contribution in [0.15, 0.2) is 83.2 Å². The highest BCUT2D eigenvalue weighted by molar-refractivity contribution is 8.01. The molecule has 6 heteroatoms. The molecule has 4 aromatic rings. The number of hydrogen-bond acceptors (Lipinski definition) is 6. The van der Waals surface area contributed by atoms with Gasteiger partial charge in [0, 0.05) is 11.3 Å². The van der Waals surface area contributed by atoms with Crippen molar-refractivity contribution in [1.82, 2.24) is 10.2 Å². The normalized spacial score (nSPS) is 10.7. The quantitative estimate of drug-likeness (QED) is 0.285. The van der Waals surface area contributed by atoms with Gasteiger partial charge in [0.05, 0.1) is 5.75 Å². The maximum Gasteiger partial charge on any atom is 0.210 e. The van der Waals surface area contributed by atoms with Crippen molar-refractivity contribution in [2.45, 2.75) is 11.3 Å². The van der Waals surface area contributed by atoms with Crippen LogP contribution < -0.4 is 5.32 Å². The molecule has 0 spiro atoms. The molecule has 0 fully saturated rings. The predicted octanol–water partition coefficient (Wildman–Crippen LogP) is 6.23. The first-order chi connectivity index (χ1) is 14.2. The highest BCUT2D eigenvalue weighted by Crippen LogP contribution is 2.28. The largest absolute Gasteiger partial charge is 0.330 e. The van der Waals surface area contributed by atoms with Gasteiger partial charge in [0.1, 0.15) is 0 Å². The van der Waals surface area contributed by atoms with Crippen molar-refractivity contribution < 1.29 is 4.79 Å². The van der Waals surface area contributed by atoms with Gasteiger partial charge in [0.25, 0.3) is 0 Å². The Hall–Kier alpha value is -2.96. The molecule has 1 aromatic heterocycles. The van der Waals surface area contributed by atoms with Gasteiger partial charge in [-0.05, 0) is 35.7 Å². The number of aromatic nitrogens is 2. The summed E-state index contributed by atoms with van der Waals surface area (Å²) in [5.41, 5.74) is 5.11. The van der Waals surface area contributed by atoms with Crippen LogP contribution in [-0.4, -0.2) is 21.7 Å². The monoisotopic (exact) mass is 417 g/mol. The molecule has 4 rings (SSSR count). The molecule has 0 saturated heterocycles. The molecule has 4 nitrogen and oxygen atoms in total. The highest BCUT2D eigenvalue weighted by Gasteiger charge is 2.11. The van der Waals surface area contributed by atoms with Crippen molar-refractivity contribution in [1.29, 1.82) is 0 Å². The topological polar surface area (TPSA) is 54.9 Å². The second-order valence-electron chi connectivity index (χ2n) is 6.52. The number of aryl methyl sites for hydroxylation is 1. The Morgan fingerprint density at radius 1 is 0.931 bits per heavy atom. The Morgan fingerprint density at radius 3 is 2.45 bits per heavy atom. The third kappa shape index (κ3) is 5.10. The fourth-order valence-corrected chi connectivity index (χ4v) is 4.52. The summed E-state index contributed by atoms with van der Waals surface area (Å²) in [7, 11) is 0. The lowest BCUT2D eigenvalue weighted by molar-refractivity contribution is 0.102. The number of thioether (sulfide) groups is 1. The number of hydrogen-bond donors (Lipinski definition) is 1. The van der Waals surface area contributed by atoms with Gasteiger partial charge in [-0.15, -0.1) is 10.2 Å². The maximum atomic E-state index is 12.5. The van der Waals surface area contributed by atoms with Gasteiger partial charge in [-0.1, -0.05) is 89.8 Å². The van der Waals surface area contributed by atoms with E-state index in [2.05, 4.69) is 33.7 Å². The Balaban J connectivity index is 1.34. The molecular weight excluding hydrogens is 398 g/mol. The van der Waals surface area contributed by atoms with Crippen molar-refractivity contribution in [2.24, 2.45) is 0 Å². The summed E-state index contributed by atoms with van der Waals surface area (Å²) in [5, 5.41) is 12.3. The summed E-state index contributed by atoms with van der Waals surface area (Å²) in [6.07, 6.45) is 0. The lowest BCUT2D eigenvalue weighted by Gasteiger charge is -2.03. The molecule has 1 heterocycles. The van der Waals surface area contributed by atoms with E-state index in [9.17, 15) is 4.79 Å². The van der Waals surface area contributed by atoms with E-state index in [1.54, 1.807) is 0 Å². The van der Waals surface area contributed by atoms with E-state index in [-0.39, 0.29) is 5.78 Å². The molecule has 0 saturated carbocycles. The molecule has 0 atom stereocenters. The van der Waals surface area contributed by atoms with Gasteiger partial charge in [0.2, 0.25) is 5.13 Å². The third-order valence-electron chi connectivity index (χ3n) is 4.32. The zero-order valence-corrected chi connectivity index (χ0v) is 17.5. The summed E-state index contributed by atoms with van der Waals surface area (Å²) in [5.74, 6) is 0.419. The number of ketones is 1. The Bertz CT molecular complexity index is 1110. The van der Waals surface area contributed by atoms with Crippen LogP contribution in [0.3, 0.4) is 0 Å². The minimum absolute atomic E-state index is 0.0815. The summed E-state index contributed by atoms with van der Waals surface area (Å²) in [6, 6.07) is 26.0. The number of carbonyl (C=O) groups excluding carboxylic acids is 1. The van der Waals surface area contributed by atoms with E-state index in [0.717, 1.165) is 26.3 Å². The van der Waals surface area contributed by atoms with Crippen LogP contribution in [0.5, 0.6) is 0 Å². The van der Waals surface area contributed by atoms with E-state index in [0.29, 0.717) is 11.3 Å². The fraction of sp³-hybridized carbons (Fsp3) is 0.0870. The Kier molecular flexibility index (Phi) is 6.03. The summed E-state index contributed by atoms with van der Waals surface area (Å²) in [6.45, 7) is 2.05. The average Bonchev–Trinajstić information content (AvgIpc) is 3.20. The van der Waals surface area contributed by atoms with Gasteiger partial charge < -0.3 is 5.32 Å². The van der Waals surface area contributed by atoms with Crippen molar-refractivity contribution >= 4 is 39.7 Å². The van der Waals surface area contributed by atoms with Crippen LogP contribution in [0.4, 0.5) is 10.8 Å². The first-order valence-electron chi connectivity index (χ1n) is 9.16. The molecule has 29 heavy (non-hydrogen) atoms. The highest BCUT2D eigenvalue weighted by atomic mass is 32.2. The number of Topliss-reactive ketones (excluding diaryl/α,β-unsaturated/α-hetero) is 1. The standard InChI is InChI=1S/C23H19N3OS2/c1-16-6-5-9-20(14-16)24-22-25-26-23(29-22)28-15-21(27)19-12-10-18(11-13-19)17-7-3-2-4-8-17/h2-14H,15H2,1H3,(H,24,25). The molecule has 0 aliphatic heterocycles. The molecule has 0 unspecified atom stereocenters. The number of anilines is 2. The lowest BCUT2D eigenvalue weighted by Crippen LogP contribution is -2.01. The zero-order valence-electron chi connectivity index (χ0n) is 15.8. The molecule has 3 aromatic carbocycles. The predicted molar refractivity (Wildman–Crippen MR) is 121 cm³/mol. The second kappa shape index (κ2) is 9.03. The van der Waals surface area contributed by atoms with Crippen molar-refractivity contribution in [2.75, 3.05) is 11.1 Å². The number of nitrogens with one attached hydrogen (secondary N) is 1. The Morgan fingerprint density at radius 2 is 1.69 bits per heavy atom. The smallest absolute Gasteiger partial charge is 0.210 e. The summed E-state index contributed by atoms with van der Waals surface area (Å²) >= 11 is 2.86. The van der Waals surface area contributed by atoms with Crippen molar-refractivity contribution in [3.8, 4) is 11.1 Å². The third-order valence-corrected chi connectivity index (χ3v) is 6.29. The van der Waals surface area contributed by atoms with Gasteiger partial charge in [-0.25, -0.2) is 0 Å². The summed E-state index contributed by atoms with van der Waals surface area (Å²) in [4.78, 5) is 12.5. The average molecular weight is 418 g/mol. The van der Waals surface area contributed by atoms with Crippen LogP contribution >= 0.6 is 23.1 Å². The van der Waals surface area contributed by atoms with E-state index >= 15 is 0 Å². The number of carbonyl (C=O) groups is 1. The number of rotatable bonds is 7. The molecule has 144 valence electrons. The maximum absolute atomic E-state index is 12.5. The molecule has 0 amide bonds. The minimum atomic E-state index is 0.0815. The van der Waals surface area contributed by atoms with Crippen LogP contribution in [0, 0.1) is 6.92 Å². The van der Waals surface area contributed by atoms with E-state index in [4.69, 9.17) is 0 Å². The van der Waals surface area contributed by atoms with Crippen LogP contribution in [0.1, 0.15) is 15.9 Å². The van der Waals surface area contributed by atoms with Crippen LogP contribution in [-0.2, 0) is 0 Å². The van der Waals surface area contributed by atoms with E-state index in [1.165, 1.54) is 28.7 Å². The molecule has 0 aliphatic carbocycles. The van der Waals surface area contributed by atoms with Crippen molar-refractivity contribution in [3.05, 3.63) is 90.0 Å². The van der Waals surface area contributed by atoms with Gasteiger partial charge in [0.15, 0.2) is 10.1 Å². The SMILES string of the molecule is Cc1cccc(Nc2nnc(SCC(=O)c3ccc(-c4ccccc4)cc3)s2)c1. The number of benzene rings is 3. The second-order valence-corrected chi connectivity index (χ2v) is 8.72. The number of nitrogens with zero attached hydrogens (tertiary/aromatic N) is 2. The molecule has 0 bridgehead atoms. The zero-order chi connectivity index (χ0) is 20.1. The molecule has 0 aliphatic rings. The van der Waals surface area contributed by atoms with Gasteiger partial charge >= 0.3 is 0 Å². The van der Waals surface area contributed by atoms with Gasteiger partial charge in [-0.3, -0.25) is 4.79 Å². The molecular formula is C23H19N3OS2.